The average Bonchev–Trinajstić information content (AvgIpc) is 2.68. The van der Waals surface area contributed by atoms with Gasteiger partial charge in [0.15, 0.2) is 0 Å². The molecule has 1 heterocycles. The maximum Gasteiger partial charge on any atom is 0.0450 e. The molecule has 0 spiro atoms. The van der Waals surface area contributed by atoms with E-state index in [-0.39, 0.29) is 5.92 Å². The normalized spacial score (nSPS) is 13.6. The van der Waals surface area contributed by atoms with Crippen LogP contribution in [0.4, 0.5) is 17.1 Å². The fourth-order valence-corrected chi connectivity index (χ4v) is 3.71. The predicted molar refractivity (Wildman–Crippen MR) is 113 cm³/mol. The Hall–Kier alpha value is -3.00. The Balaban J connectivity index is 1.73. The molecule has 0 aromatic heterocycles. The van der Waals surface area contributed by atoms with Crippen LogP contribution in [0.1, 0.15) is 22.6 Å². The van der Waals surface area contributed by atoms with E-state index >= 15 is 0 Å². The van der Waals surface area contributed by atoms with Gasteiger partial charge in [0.05, 0.1) is 0 Å². The zero-order valence-electron chi connectivity index (χ0n) is 15.6. The van der Waals surface area contributed by atoms with E-state index < -0.39 is 0 Å². The van der Waals surface area contributed by atoms with Gasteiger partial charge in [-0.3, -0.25) is 0 Å². The van der Waals surface area contributed by atoms with Crippen molar-refractivity contribution in [1.82, 2.24) is 0 Å². The molecule has 0 saturated carbocycles. The van der Waals surface area contributed by atoms with Gasteiger partial charge < -0.3 is 9.80 Å². The Bertz CT molecular complexity index is 891. The molecule has 0 fully saturated rings. The molecule has 0 saturated heterocycles. The van der Waals surface area contributed by atoms with E-state index in [1.807, 2.05) is 0 Å². The largest absolute Gasteiger partial charge is 0.378 e. The maximum atomic E-state index is 2.33. The van der Waals surface area contributed by atoms with Crippen LogP contribution in [0.25, 0.3) is 6.08 Å². The van der Waals surface area contributed by atoms with E-state index in [0.717, 1.165) is 0 Å². The van der Waals surface area contributed by atoms with Crippen molar-refractivity contribution in [3.8, 4) is 0 Å². The predicted octanol–water partition coefficient (Wildman–Crippen LogP) is 5.68. The lowest BCUT2D eigenvalue weighted by Crippen LogP contribution is -2.20. The number of hydrogen-bond acceptors (Lipinski definition) is 2. The van der Waals surface area contributed by atoms with Crippen molar-refractivity contribution < 1.29 is 0 Å². The number of hydrogen-bond donors (Lipinski definition) is 0. The second-order valence-electron chi connectivity index (χ2n) is 7.00. The Kier molecular flexibility index (Phi) is 4.26. The number of allylic oxidation sites excluding steroid dienone is 1. The van der Waals surface area contributed by atoms with Gasteiger partial charge in [-0.15, -0.1) is 0 Å². The van der Waals surface area contributed by atoms with Gasteiger partial charge in [0.2, 0.25) is 0 Å². The van der Waals surface area contributed by atoms with Crippen molar-refractivity contribution in [3.05, 3.63) is 95.6 Å². The minimum Gasteiger partial charge on any atom is -0.378 e. The summed E-state index contributed by atoms with van der Waals surface area (Å²) in [6.07, 6.45) is 4.57. The quantitative estimate of drug-likeness (QED) is 0.605. The fraction of sp³-hybridized carbons (Fsp3) is 0.167. The van der Waals surface area contributed by atoms with Gasteiger partial charge >= 0.3 is 0 Å². The molecule has 2 nitrogen and oxygen atoms in total. The molecule has 0 amide bonds. The van der Waals surface area contributed by atoms with Crippen molar-refractivity contribution in [2.75, 3.05) is 30.9 Å². The van der Waals surface area contributed by atoms with Crippen molar-refractivity contribution in [2.45, 2.75) is 5.92 Å². The summed E-state index contributed by atoms with van der Waals surface area (Å²) in [5.41, 5.74) is 7.72. The third-order valence-corrected chi connectivity index (χ3v) is 5.16. The minimum atomic E-state index is 0.270. The van der Waals surface area contributed by atoms with Crippen LogP contribution in [-0.2, 0) is 0 Å². The molecule has 1 aliphatic heterocycles. The second kappa shape index (κ2) is 6.72. The zero-order chi connectivity index (χ0) is 18.1. The lowest BCUT2D eigenvalue weighted by molar-refractivity contribution is 0.963. The molecule has 0 radical (unpaired) electrons. The molecule has 3 aromatic rings. The zero-order valence-corrected chi connectivity index (χ0v) is 15.6. The molecule has 2 heteroatoms. The van der Waals surface area contributed by atoms with Crippen LogP contribution >= 0.6 is 0 Å². The van der Waals surface area contributed by atoms with Gasteiger partial charge in [-0.25, -0.2) is 0 Å². The molecular formula is C24H24N2. The van der Waals surface area contributed by atoms with E-state index in [2.05, 4.69) is 116 Å². The molecule has 0 aliphatic carbocycles. The Labute approximate surface area is 156 Å². The maximum absolute atomic E-state index is 2.33. The number of anilines is 3. The molecule has 0 unspecified atom stereocenters. The van der Waals surface area contributed by atoms with Crippen LogP contribution < -0.4 is 9.80 Å². The Morgan fingerprint density at radius 1 is 0.769 bits per heavy atom. The first-order valence-electron chi connectivity index (χ1n) is 9.02. The van der Waals surface area contributed by atoms with Crippen molar-refractivity contribution in [3.63, 3.8) is 0 Å². The highest BCUT2D eigenvalue weighted by molar-refractivity contribution is 5.77. The van der Waals surface area contributed by atoms with Gasteiger partial charge in [-0.1, -0.05) is 60.7 Å². The number of rotatable bonds is 3. The number of fused-ring (bicyclic) bond motifs is 2. The van der Waals surface area contributed by atoms with Crippen LogP contribution in [-0.4, -0.2) is 21.1 Å². The van der Waals surface area contributed by atoms with Crippen LogP contribution in [0.3, 0.4) is 0 Å². The van der Waals surface area contributed by atoms with Crippen LogP contribution in [0.5, 0.6) is 0 Å². The summed E-state index contributed by atoms with van der Waals surface area (Å²) in [6.45, 7) is 0. The second-order valence-corrected chi connectivity index (χ2v) is 7.00. The van der Waals surface area contributed by atoms with Crippen molar-refractivity contribution in [1.29, 1.82) is 0 Å². The van der Waals surface area contributed by atoms with E-state index in [1.54, 1.807) is 0 Å². The number of benzene rings is 3. The van der Waals surface area contributed by atoms with E-state index in [0.29, 0.717) is 0 Å². The monoisotopic (exact) mass is 340 g/mol. The van der Waals surface area contributed by atoms with E-state index in [4.69, 9.17) is 0 Å². The highest BCUT2D eigenvalue weighted by atomic mass is 15.1. The third kappa shape index (κ3) is 2.88. The highest BCUT2D eigenvalue weighted by Gasteiger charge is 2.26. The lowest BCUT2D eigenvalue weighted by atomic mass is 9.84. The molecule has 0 N–H and O–H groups in total. The number of para-hydroxylation sites is 2. The van der Waals surface area contributed by atoms with Crippen LogP contribution in [0.15, 0.2) is 78.9 Å². The van der Waals surface area contributed by atoms with E-state index in [1.165, 1.54) is 33.8 Å². The molecular weight excluding hydrogens is 316 g/mol. The lowest BCUT2D eigenvalue weighted by Gasteiger charge is -2.34. The van der Waals surface area contributed by atoms with Crippen molar-refractivity contribution in [2.24, 2.45) is 0 Å². The molecule has 130 valence electrons. The fourth-order valence-electron chi connectivity index (χ4n) is 3.71. The van der Waals surface area contributed by atoms with Gasteiger partial charge in [0.1, 0.15) is 0 Å². The summed E-state index contributed by atoms with van der Waals surface area (Å²) in [5, 5.41) is 0. The standard InChI is InChI=1S/C24H24N2/c1-25(2)19-15-12-18(13-16-19)14-17-20-21-8-4-6-10-23(21)26(3)24-11-7-5-9-22(20)24/h4-17,20H,1-3H3/b17-14+. The third-order valence-electron chi connectivity index (χ3n) is 5.16. The molecule has 0 atom stereocenters. The molecule has 1 aliphatic rings. The van der Waals surface area contributed by atoms with Crippen LogP contribution in [0, 0.1) is 0 Å². The van der Waals surface area contributed by atoms with E-state index in [9.17, 15) is 0 Å². The average molecular weight is 340 g/mol. The summed E-state index contributed by atoms with van der Waals surface area (Å²) >= 11 is 0. The smallest absolute Gasteiger partial charge is 0.0450 e. The Morgan fingerprint density at radius 2 is 1.31 bits per heavy atom. The first-order chi connectivity index (χ1) is 12.6. The highest BCUT2D eigenvalue weighted by Crippen LogP contribution is 2.45. The van der Waals surface area contributed by atoms with Crippen molar-refractivity contribution >= 4 is 23.1 Å². The topological polar surface area (TPSA) is 6.48 Å². The minimum absolute atomic E-state index is 0.270. The molecule has 4 rings (SSSR count). The van der Waals surface area contributed by atoms with Crippen LogP contribution in [0.2, 0.25) is 0 Å². The summed E-state index contributed by atoms with van der Waals surface area (Å²) in [4.78, 5) is 4.41. The molecule has 0 bridgehead atoms. The van der Waals surface area contributed by atoms with Gasteiger partial charge in [-0.05, 0) is 41.0 Å². The Morgan fingerprint density at radius 3 is 1.85 bits per heavy atom. The summed E-state index contributed by atoms with van der Waals surface area (Å²) in [5.74, 6) is 0.270. The van der Waals surface area contributed by atoms with Gasteiger partial charge in [0, 0.05) is 44.1 Å². The first-order valence-corrected chi connectivity index (χ1v) is 9.02. The summed E-state index contributed by atoms with van der Waals surface area (Å²) < 4.78 is 0. The summed E-state index contributed by atoms with van der Waals surface area (Å²) in [7, 11) is 6.28. The molecule has 3 aromatic carbocycles. The summed E-state index contributed by atoms with van der Waals surface area (Å²) in [6, 6.07) is 26.1. The molecule has 26 heavy (non-hydrogen) atoms. The number of nitrogens with zero attached hydrogens (tertiary/aromatic N) is 2. The first kappa shape index (κ1) is 16.5. The van der Waals surface area contributed by atoms with Gasteiger partial charge in [0.25, 0.3) is 0 Å². The SMILES string of the molecule is CN(C)c1ccc(/C=C/C2c3ccccc3N(C)c3ccccc32)cc1. The van der Waals surface area contributed by atoms with Gasteiger partial charge in [-0.2, -0.15) is 0 Å².